The van der Waals surface area contributed by atoms with E-state index in [-0.39, 0.29) is 0 Å². The third kappa shape index (κ3) is 2.49. The van der Waals surface area contributed by atoms with Gasteiger partial charge < -0.3 is 10.6 Å². The first-order chi connectivity index (χ1) is 7.33. The minimum absolute atomic E-state index is 0.660. The first-order valence-electron chi connectivity index (χ1n) is 5.73. The fourth-order valence-corrected chi connectivity index (χ4v) is 2.98. The summed E-state index contributed by atoms with van der Waals surface area (Å²) in [6.07, 6.45) is 3.56. The molecule has 0 aliphatic carbocycles. The van der Waals surface area contributed by atoms with Gasteiger partial charge in [0.15, 0.2) is 5.13 Å². The van der Waals surface area contributed by atoms with Gasteiger partial charge in [-0.2, -0.15) is 0 Å². The van der Waals surface area contributed by atoms with Gasteiger partial charge in [0, 0.05) is 18.5 Å². The molecule has 1 aliphatic heterocycles. The van der Waals surface area contributed by atoms with Gasteiger partial charge in [-0.05, 0) is 31.7 Å². The van der Waals surface area contributed by atoms with Crippen molar-refractivity contribution in [3.8, 4) is 0 Å². The average molecular weight is 225 g/mol. The van der Waals surface area contributed by atoms with E-state index in [1.54, 1.807) is 11.3 Å². The molecule has 4 heteroatoms. The summed E-state index contributed by atoms with van der Waals surface area (Å²) in [5, 5.41) is 3.35. The number of piperidine rings is 1. The monoisotopic (exact) mass is 225 g/mol. The summed E-state index contributed by atoms with van der Waals surface area (Å²) in [7, 11) is 0. The highest BCUT2D eigenvalue weighted by Gasteiger charge is 2.20. The summed E-state index contributed by atoms with van der Waals surface area (Å²) in [5.74, 6) is 0.660. The van der Waals surface area contributed by atoms with Crippen molar-refractivity contribution in [3.05, 3.63) is 11.1 Å². The van der Waals surface area contributed by atoms with E-state index in [1.165, 1.54) is 23.7 Å². The molecule has 1 atom stereocenters. The van der Waals surface area contributed by atoms with Gasteiger partial charge in [-0.3, -0.25) is 0 Å². The second-order valence-electron chi connectivity index (χ2n) is 4.16. The van der Waals surface area contributed by atoms with E-state index in [0.29, 0.717) is 5.92 Å². The first-order valence-corrected chi connectivity index (χ1v) is 6.61. The Labute approximate surface area is 95.3 Å². The zero-order valence-electron chi connectivity index (χ0n) is 9.28. The van der Waals surface area contributed by atoms with Crippen LogP contribution in [0.25, 0.3) is 0 Å². The standard InChI is InChI=1S/C11H19N3S/c1-2-10-8-15-11(13-10)14-5-3-4-9(6-12)7-14/h8-9H,2-7,12H2,1H3. The molecular weight excluding hydrogens is 206 g/mol. The van der Waals surface area contributed by atoms with Crippen molar-refractivity contribution in [2.24, 2.45) is 11.7 Å². The predicted molar refractivity (Wildman–Crippen MR) is 65.5 cm³/mol. The van der Waals surface area contributed by atoms with Gasteiger partial charge in [0.25, 0.3) is 0 Å². The zero-order chi connectivity index (χ0) is 10.7. The molecule has 0 amide bonds. The van der Waals surface area contributed by atoms with Crippen LogP contribution in [-0.2, 0) is 6.42 Å². The van der Waals surface area contributed by atoms with Gasteiger partial charge in [-0.15, -0.1) is 11.3 Å². The largest absolute Gasteiger partial charge is 0.348 e. The lowest BCUT2D eigenvalue weighted by molar-refractivity contribution is 0.423. The fraction of sp³-hybridized carbons (Fsp3) is 0.727. The molecule has 1 saturated heterocycles. The van der Waals surface area contributed by atoms with Crippen LogP contribution in [0.1, 0.15) is 25.5 Å². The van der Waals surface area contributed by atoms with E-state index in [9.17, 15) is 0 Å². The zero-order valence-corrected chi connectivity index (χ0v) is 10.1. The van der Waals surface area contributed by atoms with Crippen LogP contribution in [0, 0.1) is 5.92 Å². The maximum atomic E-state index is 5.73. The predicted octanol–water partition coefficient (Wildman–Crippen LogP) is 1.88. The van der Waals surface area contributed by atoms with Crippen LogP contribution < -0.4 is 10.6 Å². The molecule has 84 valence electrons. The average Bonchev–Trinajstić information content (AvgIpc) is 2.78. The molecule has 1 aromatic heterocycles. The van der Waals surface area contributed by atoms with Crippen LogP contribution >= 0.6 is 11.3 Å². The molecule has 1 aromatic rings. The maximum Gasteiger partial charge on any atom is 0.185 e. The highest BCUT2D eigenvalue weighted by Crippen LogP contribution is 2.25. The van der Waals surface area contributed by atoms with Gasteiger partial charge in [-0.25, -0.2) is 4.98 Å². The fourth-order valence-electron chi connectivity index (χ4n) is 2.04. The Bertz CT molecular complexity index is 311. The van der Waals surface area contributed by atoms with Gasteiger partial charge in [0.2, 0.25) is 0 Å². The second kappa shape index (κ2) is 4.94. The molecule has 0 radical (unpaired) electrons. The van der Waals surface area contributed by atoms with Crippen molar-refractivity contribution in [2.75, 3.05) is 24.5 Å². The van der Waals surface area contributed by atoms with Gasteiger partial charge >= 0.3 is 0 Å². The van der Waals surface area contributed by atoms with Crippen molar-refractivity contribution >= 4 is 16.5 Å². The Hall–Kier alpha value is -0.610. The normalized spacial score (nSPS) is 22.0. The second-order valence-corrected chi connectivity index (χ2v) is 5.00. The van der Waals surface area contributed by atoms with E-state index in [4.69, 9.17) is 5.73 Å². The van der Waals surface area contributed by atoms with Gasteiger partial charge in [0.1, 0.15) is 0 Å². The van der Waals surface area contributed by atoms with Crippen molar-refractivity contribution < 1.29 is 0 Å². The number of thiazole rings is 1. The molecule has 2 N–H and O–H groups in total. The summed E-state index contributed by atoms with van der Waals surface area (Å²) in [5.41, 5.74) is 6.94. The molecule has 3 nitrogen and oxygen atoms in total. The molecule has 1 unspecified atom stereocenters. The topological polar surface area (TPSA) is 42.1 Å². The molecule has 2 heterocycles. The third-order valence-electron chi connectivity index (χ3n) is 3.02. The Morgan fingerprint density at radius 2 is 2.53 bits per heavy atom. The lowest BCUT2D eigenvalue weighted by Crippen LogP contribution is -2.38. The minimum atomic E-state index is 0.660. The van der Waals surface area contributed by atoms with Crippen LogP contribution in [-0.4, -0.2) is 24.6 Å². The number of nitrogens with two attached hydrogens (primary N) is 1. The van der Waals surface area contributed by atoms with Crippen LogP contribution in [0.4, 0.5) is 5.13 Å². The Kier molecular flexibility index (Phi) is 3.59. The van der Waals surface area contributed by atoms with Crippen molar-refractivity contribution in [2.45, 2.75) is 26.2 Å². The van der Waals surface area contributed by atoms with E-state index in [1.807, 2.05) is 0 Å². The minimum Gasteiger partial charge on any atom is -0.348 e. The lowest BCUT2D eigenvalue weighted by Gasteiger charge is -2.31. The number of aromatic nitrogens is 1. The maximum absolute atomic E-state index is 5.73. The molecule has 0 spiro atoms. The molecule has 1 fully saturated rings. The Balaban J connectivity index is 2.03. The molecule has 0 aromatic carbocycles. The number of hydrogen-bond acceptors (Lipinski definition) is 4. The van der Waals surface area contributed by atoms with Crippen molar-refractivity contribution in [1.29, 1.82) is 0 Å². The SMILES string of the molecule is CCc1csc(N2CCCC(CN)C2)n1. The van der Waals surface area contributed by atoms with Crippen LogP contribution in [0.3, 0.4) is 0 Å². The summed E-state index contributed by atoms with van der Waals surface area (Å²) < 4.78 is 0. The van der Waals surface area contributed by atoms with Crippen LogP contribution in [0.5, 0.6) is 0 Å². The van der Waals surface area contributed by atoms with E-state index < -0.39 is 0 Å². The third-order valence-corrected chi connectivity index (χ3v) is 3.97. The Morgan fingerprint density at radius 3 is 3.20 bits per heavy atom. The smallest absolute Gasteiger partial charge is 0.185 e. The molecule has 0 bridgehead atoms. The van der Waals surface area contributed by atoms with Gasteiger partial charge in [-0.1, -0.05) is 6.92 Å². The molecular formula is C11H19N3S. The lowest BCUT2D eigenvalue weighted by atomic mass is 9.99. The summed E-state index contributed by atoms with van der Waals surface area (Å²) in [6.45, 7) is 5.20. The molecule has 2 rings (SSSR count). The summed E-state index contributed by atoms with van der Waals surface area (Å²) in [4.78, 5) is 7.02. The van der Waals surface area contributed by atoms with Gasteiger partial charge in [0.05, 0.1) is 5.69 Å². The number of anilines is 1. The van der Waals surface area contributed by atoms with E-state index in [2.05, 4.69) is 22.2 Å². The summed E-state index contributed by atoms with van der Waals surface area (Å²) >= 11 is 1.77. The van der Waals surface area contributed by atoms with E-state index in [0.717, 1.165) is 26.1 Å². The highest BCUT2D eigenvalue weighted by atomic mass is 32.1. The van der Waals surface area contributed by atoms with E-state index >= 15 is 0 Å². The summed E-state index contributed by atoms with van der Waals surface area (Å²) in [6, 6.07) is 0. The quantitative estimate of drug-likeness (QED) is 0.854. The molecule has 0 saturated carbocycles. The number of rotatable bonds is 3. The number of nitrogens with zero attached hydrogens (tertiary/aromatic N) is 2. The van der Waals surface area contributed by atoms with Crippen molar-refractivity contribution in [3.63, 3.8) is 0 Å². The van der Waals surface area contributed by atoms with Crippen LogP contribution in [0.15, 0.2) is 5.38 Å². The number of hydrogen-bond donors (Lipinski definition) is 1. The highest BCUT2D eigenvalue weighted by molar-refractivity contribution is 7.13. The first kappa shape index (κ1) is 10.9. The Morgan fingerprint density at radius 1 is 1.67 bits per heavy atom. The molecule has 1 aliphatic rings. The number of aryl methyl sites for hydroxylation is 1. The van der Waals surface area contributed by atoms with Crippen LogP contribution in [0.2, 0.25) is 0 Å². The van der Waals surface area contributed by atoms with Crippen molar-refractivity contribution in [1.82, 2.24) is 4.98 Å². The molecule has 15 heavy (non-hydrogen) atoms.